The Hall–Kier alpha value is -6.43. The highest BCUT2D eigenvalue weighted by Crippen LogP contribution is 2.42. The van der Waals surface area contributed by atoms with Gasteiger partial charge in [0.05, 0.1) is 16.7 Å². The number of benzene rings is 7. The van der Waals surface area contributed by atoms with Crippen LogP contribution in [0.25, 0.3) is 93.0 Å². The molecule has 0 saturated heterocycles. The normalized spacial score (nSPS) is 11.6. The zero-order valence-corrected chi connectivity index (χ0v) is 27.7. The first-order valence-corrected chi connectivity index (χ1v) is 17.5. The Kier molecular flexibility index (Phi) is 6.64. The quantitative estimate of drug-likeness (QED) is 0.185. The summed E-state index contributed by atoms with van der Waals surface area (Å²) in [5.41, 5.74) is 8.58. The molecule has 0 aliphatic heterocycles. The van der Waals surface area contributed by atoms with E-state index in [2.05, 4.69) is 114 Å². The van der Waals surface area contributed by atoms with E-state index in [-0.39, 0.29) is 0 Å². The van der Waals surface area contributed by atoms with Crippen LogP contribution in [0, 0.1) is 0 Å². The molecule has 234 valence electrons. The summed E-state index contributed by atoms with van der Waals surface area (Å²) >= 11 is 1.86. The molecule has 0 N–H and O–H groups in total. The molecule has 0 unspecified atom stereocenters. The van der Waals surface area contributed by atoms with Gasteiger partial charge in [0, 0.05) is 53.2 Å². The molecule has 0 spiro atoms. The molecule has 7 aromatic carbocycles. The number of thiophene rings is 1. The van der Waals surface area contributed by atoms with Crippen LogP contribution in [0.2, 0.25) is 0 Å². The van der Waals surface area contributed by atoms with Gasteiger partial charge in [-0.25, -0.2) is 15.0 Å². The summed E-state index contributed by atoms with van der Waals surface area (Å²) in [6.07, 6.45) is 0. The molecule has 0 bridgehead atoms. The SMILES string of the molecule is c1ccc(-c2nc(-c3ccccc3)nc(-c3cccc(-c4ccccc4-n4c5ccccc5c5cc6c(cc54)sc4ccccc46)c3)n2)cc1. The maximum absolute atomic E-state index is 5.01. The van der Waals surface area contributed by atoms with Crippen LogP contribution in [0.5, 0.6) is 0 Å². The van der Waals surface area contributed by atoms with Crippen molar-refractivity contribution in [3.63, 3.8) is 0 Å². The molecule has 3 aromatic heterocycles. The summed E-state index contributed by atoms with van der Waals surface area (Å²) in [6.45, 7) is 0. The first kappa shape index (κ1) is 28.6. The molecule has 0 radical (unpaired) electrons. The predicted octanol–water partition coefficient (Wildman–Crippen LogP) is 12.0. The average molecular weight is 657 g/mol. The van der Waals surface area contributed by atoms with E-state index in [1.165, 1.54) is 42.0 Å². The first-order chi connectivity index (χ1) is 24.8. The van der Waals surface area contributed by atoms with Crippen molar-refractivity contribution in [2.45, 2.75) is 0 Å². The molecule has 0 fully saturated rings. The first-order valence-electron chi connectivity index (χ1n) is 16.7. The maximum Gasteiger partial charge on any atom is 0.164 e. The van der Waals surface area contributed by atoms with Crippen LogP contribution >= 0.6 is 11.3 Å². The van der Waals surface area contributed by atoms with E-state index in [0.717, 1.165) is 33.5 Å². The van der Waals surface area contributed by atoms with Gasteiger partial charge in [0.2, 0.25) is 0 Å². The third kappa shape index (κ3) is 4.71. The van der Waals surface area contributed by atoms with Gasteiger partial charge < -0.3 is 4.57 Å². The van der Waals surface area contributed by atoms with Gasteiger partial charge in [-0.2, -0.15) is 0 Å². The van der Waals surface area contributed by atoms with Gasteiger partial charge in [-0.15, -0.1) is 11.3 Å². The van der Waals surface area contributed by atoms with E-state index in [1.807, 2.05) is 72.0 Å². The molecular weight excluding hydrogens is 629 g/mol. The van der Waals surface area contributed by atoms with Gasteiger partial charge >= 0.3 is 0 Å². The summed E-state index contributed by atoms with van der Waals surface area (Å²) in [7, 11) is 0. The van der Waals surface area contributed by atoms with Crippen LogP contribution in [0.1, 0.15) is 0 Å². The van der Waals surface area contributed by atoms with E-state index in [4.69, 9.17) is 15.0 Å². The van der Waals surface area contributed by atoms with Gasteiger partial charge in [-0.1, -0.05) is 133 Å². The second-order valence-corrected chi connectivity index (χ2v) is 13.5. The largest absolute Gasteiger partial charge is 0.309 e. The van der Waals surface area contributed by atoms with E-state index >= 15 is 0 Å². The topological polar surface area (TPSA) is 43.6 Å². The zero-order chi connectivity index (χ0) is 33.0. The molecule has 10 aromatic rings. The Labute approximate surface area is 292 Å². The highest BCUT2D eigenvalue weighted by atomic mass is 32.1. The van der Waals surface area contributed by atoms with Gasteiger partial charge in [-0.05, 0) is 42.0 Å². The second-order valence-electron chi connectivity index (χ2n) is 12.5. The van der Waals surface area contributed by atoms with Crippen molar-refractivity contribution in [1.82, 2.24) is 19.5 Å². The van der Waals surface area contributed by atoms with Crippen LogP contribution in [0.15, 0.2) is 170 Å². The molecule has 4 nitrogen and oxygen atoms in total. The average Bonchev–Trinajstić information content (AvgIpc) is 3.72. The standard InChI is InChI=1S/C45H28N4S/c1-3-14-29(15-4-1)43-46-44(30-16-5-2-6-17-30)48-45(47-43)32-19-13-18-31(26-32)33-20-7-10-23-38(33)49-39-24-11-8-21-34(39)36-27-37-35-22-9-12-25-41(35)50-42(37)28-40(36)49/h1-28H. The lowest BCUT2D eigenvalue weighted by molar-refractivity contribution is 1.07. The van der Waals surface area contributed by atoms with Gasteiger partial charge in [-0.3, -0.25) is 0 Å². The number of hydrogen-bond donors (Lipinski definition) is 0. The van der Waals surface area contributed by atoms with Crippen LogP contribution in [-0.2, 0) is 0 Å². The molecule has 5 heteroatoms. The van der Waals surface area contributed by atoms with Crippen molar-refractivity contribution in [2.24, 2.45) is 0 Å². The molecule has 0 aliphatic carbocycles. The Morgan fingerprint density at radius 2 is 0.940 bits per heavy atom. The summed E-state index contributed by atoms with van der Waals surface area (Å²) in [5, 5.41) is 5.12. The van der Waals surface area contributed by atoms with E-state index in [0.29, 0.717) is 17.5 Å². The Morgan fingerprint density at radius 3 is 1.70 bits per heavy atom. The van der Waals surface area contributed by atoms with Crippen molar-refractivity contribution in [3.05, 3.63) is 170 Å². The minimum atomic E-state index is 0.640. The monoisotopic (exact) mass is 656 g/mol. The fourth-order valence-electron chi connectivity index (χ4n) is 7.12. The zero-order valence-electron chi connectivity index (χ0n) is 26.9. The van der Waals surface area contributed by atoms with Crippen molar-refractivity contribution in [2.75, 3.05) is 0 Å². The third-order valence-corrected chi connectivity index (χ3v) is 10.6. The van der Waals surface area contributed by atoms with Crippen molar-refractivity contribution >= 4 is 53.3 Å². The molecule has 0 aliphatic rings. The molecule has 0 saturated carbocycles. The number of para-hydroxylation sites is 2. The fourth-order valence-corrected chi connectivity index (χ4v) is 8.24. The number of rotatable bonds is 5. The minimum absolute atomic E-state index is 0.640. The highest BCUT2D eigenvalue weighted by Gasteiger charge is 2.19. The number of hydrogen-bond acceptors (Lipinski definition) is 4. The molecule has 50 heavy (non-hydrogen) atoms. The van der Waals surface area contributed by atoms with Crippen molar-refractivity contribution in [1.29, 1.82) is 0 Å². The molecule has 10 rings (SSSR count). The van der Waals surface area contributed by atoms with Gasteiger partial charge in [0.25, 0.3) is 0 Å². The number of fused-ring (bicyclic) bond motifs is 6. The summed E-state index contributed by atoms with van der Waals surface area (Å²) < 4.78 is 5.04. The second kappa shape index (κ2) is 11.6. The third-order valence-electron chi connectivity index (χ3n) is 9.45. The maximum atomic E-state index is 5.01. The highest BCUT2D eigenvalue weighted by molar-refractivity contribution is 7.25. The summed E-state index contributed by atoms with van der Waals surface area (Å²) in [6, 6.07) is 59.7. The Morgan fingerprint density at radius 1 is 0.360 bits per heavy atom. The lowest BCUT2D eigenvalue weighted by atomic mass is 10.0. The Balaban J connectivity index is 1.17. The fraction of sp³-hybridized carbons (Fsp3) is 0. The van der Waals surface area contributed by atoms with E-state index in [9.17, 15) is 0 Å². The van der Waals surface area contributed by atoms with E-state index < -0.39 is 0 Å². The predicted molar refractivity (Wildman–Crippen MR) is 209 cm³/mol. The van der Waals surface area contributed by atoms with Gasteiger partial charge in [0.1, 0.15) is 0 Å². The number of aromatic nitrogens is 4. The van der Waals surface area contributed by atoms with Crippen molar-refractivity contribution in [3.8, 4) is 51.0 Å². The molecule has 3 heterocycles. The summed E-state index contributed by atoms with van der Waals surface area (Å²) in [4.78, 5) is 14.9. The minimum Gasteiger partial charge on any atom is -0.309 e. The van der Waals surface area contributed by atoms with Crippen LogP contribution in [0.3, 0.4) is 0 Å². The lowest BCUT2D eigenvalue weighted by Crippen LogP contribution is -2.00. The van der Waals surface area contributed by atoms with E-state index in [1.54, 1.807) is 0 Å². The summed E-state index contributed by atoms with van der Waals surface area (Å²) in [5.74, 6) is 1.94. The Bertz CT molecular complexity index is 2810. The number of nitrogens with zero attached hydrogens (tertiary/aromatic N) is 4. The van der Waals surface area contributed by atoms with Crippen LogP contribution in [-0.4, -0.2) is 19.5 Å². The molecule has 0 amide bonds. The smallest absolute Gasteiger partial charge is 0.164 e. The van der Waals surface area contributed by atoms with Crippen LogP contribution < -0.4 is 0 Å². The molecular formula is C45H28N4S. The lowest BCUT2D eigenvalue weighted by Gasteiger charge is -2.15. The van der Waals surface area contributed by atoms with Crippen molar-refractivity contribution < 1.29 is 0 Å². The molecule has 0 atom stereocenters. The van der Waals surface area contributed by atoms with Gasteiger partial charge in [0.15, 0.2) is 17.5 Å². The van der Waals surface area contributed by atoms with Crippen LogP contribution in [0.4, 0.5) is 0 Å².